The number of aliphatic hydroxyl groups excluding tert-OH is 1. The Morgan fingerprint density at radius 2 is 2.16 bits per heavy atom. The highest BCUT2D eigenvalue weighted by Crippen LogP contribution is 2.15. The zero-order chi connectivity index (χ0) is 13.7. The number of rotatable bonds is 6. The number of ether oxygens (including phenoxy) is 1. The van der Waals surface area contributed by atoms with Crippen molar-refractivity contribution in [2.24, 2.45) is 0 Å². The molecule has 0 unspecified atom stereocenters. The van der Waals surface area contributed by atoms with Crippen molar-refractivity contribution in [1.82, 2.24) is 10.6 Å². The fourth-order valence-corrected chi connectivity index (χ4v) is 1.97. The van der Waals surface area contributed by atoms with Crippen LogP contribution in [-0.2, 0) is 9.53 Å². The molecule has 1 aliphatic heterocycles. The molecule has 1 atom stereocenters. The molecule has 1 fully saturated rings. The van der Waals surface area contributed by atoms with Crippen LogP contribution in [0.4, 0.5) is 0 Å². The molecule has 1 saturated heterocycles. The van der Waals surface area contributed by atoms with E-state index in [1.807, 2.05) is 37.3 Å². The van der Waals surface area contributed by atoms with Crippen LogP contribution in [0.2, 0.25) is 0 Å². The minimum atomic E-state index is -0.385. The Balaban J connectivity index is 1.83. The molecular formula is C14H20N2O3. The SMILES string of the molecule is CC1(OCC(=O)N[C@H](CO)c2ccccc2)CNC1. The average molecular weight is 264 g/mol. The van der Waals surface area contributed by atoms with E-state index < -0.39 is 0 Å². The van der Waals surface area contributed by atoms with Gasteiger partial charge in [0.25, 0.3) is 0 Å². The Labute approximate surface area is 113 Å². The monoisotopic (exact) mass is 264 g/mol. The highest BCUT2D eigenvalue weighted by atomic mass is 16.5. The van der Waals surface area contributed by atoms with Gasteiger partial charge in [-0.15, -0.1) is 0 Å². The number of amides is 1. The second-order valence-corrected chi connectivity index (χ2v) is 5.06. The van der Waals surface area contributed by atoms with E-state index >= 15 is 0 Å². The van der Waals surface area contributed by atoms with Gasteiger partial charge < -0.3 is 20.5 Å². The molecule has 1 aromatic carbocycles. The number of aliphatic hydroxyl groups is 1. The summed E-state index contributed by atoms with van der Waals surface area (Å²) in [4.78, 5) is 11.8. The lowest BCUT2D eigenvalue weighted by Crippen LogP contribution is -2.59. The van der Waals surface area contributed by atoms with Crippen molar-refractivity contribution in [3.05, 3.63) is 35.9 Å². The summed E-state index contributed by atoms with van der Waals surface area (Å²) in [5, 5.41) is 15.2. The molecule has 0 radical (unpaired) electrons. The Kier molecular flexibility index (Phi) is 4.52. The molecular weight excluding hydrogens is 244 g/mol. The van der Waals surface area contributed by atoms with Gasteiger partial charge in [-0.2, -0.15) is 0 Å². The Morgan fingerprint density at radius 1 is 1.47 bits per heavy atom. The second-order valence-electron chi connectivity index (χ2n) is 5.06. The van der Waals surface area contributed by atoms with Gasteiger partial charge in [0.05, 0.1) is 18.2 Å². The van der Waals surface area contributed by atoms with Crippen molar-refractivity contribution in [3.63, 3.8) is 0 Å². The van der Waals surface area contributed by atoms with E-state index in [2.05, 4.69) is 10.6 Å². The summed E-state index contributed by atoms with van der Waals surface area (Å²) >= 11 is 0. The fraction of sp³-hybridized carbons (Fsp3) is 0.500. The Bertz CT molecular complexity index is 418. The maximum atomic E-state index is 11.8. The molecule has 0 saturated carbocycles. The predicted molar refractivity (Wildman–Crippen MR) is 71.6 cm³/mol. The molecule has 0 spiro atoms. The van der Waals surface area contributed by atoms with Gasteiger partial charge in [0, 0.05) is 13.1 Å². The first-order chi connectivity index (χ1) is 9.13. The molecule has 104 valence electrons. The van der Waals surface area contributed by atoms with Crippen molar-refractivity contribution in [3.8, 4) is 0 Å². The first-order valence-corrected chi connectivity index (χ1v) is 6.43. The van der Waals surface area contributed by atoms with Gasteiger partial charge in [0.1, 0.15) is 6.61 Å². The minimum Gasteiger partial charge on any atom is -0.394 e. The average Bonchev–Trinajstić information content (AvgIpc) is 2.41. The van der Waals surface area contributed by atoms with E-state index in [1.165, 1.54) is 0 Å². The van der Waals surface area contributed by atoms with Crippen LogP contribution in [-0.4, -0.2) is 42.9 Å². The Hall–Kier alpha value is -1.43. The van der Waals surface area contributed by atoms with E-state index in [0.717, 1.165) is 18.7 Å². The molecule has 0 bridgehead atoms. The predicted octanol–water partition coefficient (Wildman–Crippen LogP) is 0.215. The molecule has 0 aromatic heterocycles. The summed E-state index contributed by atoms with van der Waals surface area (Å²) in [5.74, 6) is -0.212. The van der Waals surface area contributed by atoms with Crippen LogP contribution in [0, 0.1) is 0 Å². The summed E-state index contributed by atoms with van der Waals surface area (Å²) in [6, 6.07) is 9.01. The molecule has 5 heteroatoms. The molecule has 1 heterocycles. The molecule has 0 aliphatic carbocycles. The zero-order valence-electron chi connectivity index (χ0n) is 11.1. The molecule has 1 aliphatic rings. The molecule has 2 rings (SSSR count). The highest BCUT2D eigenvalue weighted by molar-refractivity contribution is 5.77. The largest absolute Gasteiger partial charge is 0.394 e. The van der Waals surface area contributed by atoms with E-state index in [4.69, 9.17) is 4.74 Å². The van der Waals surface area contributed by atoms with Crippen molar-refractivity contribution in [2.75, 3.05) is 26.3 Å². The van der Waals surface area contributed by atoms with Crippen LogP contribution in [0.3, 0.4) is 0 Å². The summed E-state index contributed by atoms with van der Waals surface area (Å²) in [5.41, 5.74) is 0.647. The third-order valence-corrected chi connectivity index (χ3v) is 3.27. The molecule has 3 N–H and O–H groups in total. The first-order valence-electron chi connectivity index (χ1n) is 6.43. The van der Waals surface area contributed by atoms with Crippen LogP contribution in [0.1, 0.15) is 18.5 Å². The zero-order valence-corrected chi connectivity index (χ0v) is 11.1. The van der Waals surface area contributed by atoms with E-state index in [-0.39, 0.29) is 30.8 Å². The maximum absolute atomic E-state index is 11.8. The van der Waals surface area contributed by atoms with E-state index in [9.17, 15) is 9.90 Å². The third-order valence-electron chi connectivity index (χ3n) is 3.27. The lowest BCUT2D eigenvalue weighted by Gasteiger charge is -2.38. The van der Waals surface area contributed by atoms with Crippen LogP contribution >= 0.6 is 0 Å². The van der Waals surface area contributed by atoms with Gasteiger partial charge in [-0.05, 0) is 12.5 Å². The lowest BCUT2D eigenvalue weighted by atomic mass is 10.0. The normalized spacial score (nSPS) is 18.4. The maximum Gasteiger partial charge on any atom is 0.246 e. The van der Waals surface area contributed by atoms with Gasteiger partial charge in [-0.3, -0.25) is 4.79 Å². The van der Waals surface area contributed by atoms with Gasteiger partial charge >= 0.3 is 0 Å². The number of carbonyl (C=O) groups is 1. The van der Waals surface area contributed by atoms with E-state index in [0.29, 0.717) is 0 Å². The van der Waals surface area contributed by atoms with Crippen molar-refractivity contribution in [1.29, 1.82) is 0 Å². The van der Waals surface area contributed by atoms with Gasteiger partial charge in [-0.25, -0.2) is 0 Å². The quantitative estimate of drug-likeness (QED) is 0.687. The van der Waals surface area contributed by atoms with Crippen LogP contribution in [0.5, 0.6) is 0 Å². The summed E-state index contributed by atoms with van der Waals surface area (Å²) in [6.45, 7) is 3.39. The van der Waals surface area contributed by atoms with Gasteiger partial charge in [-0.1, -0.05) is 30.3 Å². The molecule has 19 heavy (non-hydrogen) atoms. The standard InChI is InChI=1S/C14H20N2O3/c1-14(9-15-10-14)19-8-13(18)16-12(7-17)11-5-3-2-4-6-11/h2-6,12,15,17H,7-10H2,1H3,(H,16,18)/t12-/m1/s1. The van der Waals surface area contributed by atoms with Crippen molar-refractivity contribution < 1.29 is 14.6 Å². The lowest BCUT2D eigenvalue weighted by molar-refractivity contribution is -0.136. The summed E-state index contributed by atoms with van der Waals surface area (Å²) < 4.78 is 5.55. The van der Waals surface area contributed by atoms with Crippen molar-refractivity contribution >= 4 is 5.91 Å². The van der Waals surface area contributed by atoms with E-state index in [1.54, 1.807) is 0 Å². The summed E-state index contributed by atoms with van der Waals surface area (Å²) in [7, 11) is 0. The number of nitrogens with one attached hydrogen (secondary N) is 2. The molecule has 1 amide bonds. The van der Waals surface area contributed by atoms with Crippen LogP contribution in [0.15, 0.2) is 30.3 Å². The van der Waals surface area contributed by atoms with Gasteiger partial charge in [0.2, 0.25) is 5.91 Å². The molecule has 5 nitrogen and oxygen atoms in total. The molecule has 1 aromatic rings. The van der Waals surface area contributed by atoms with Crippen molar-refractivity contribution in [2.45, 2.75) is 18.6 Å². The fourth-order valence-electron chi connectivity index (χ4n) is 1.97. The number of benzene rings is 1. The van der Waals surface area contributed by atoms with Gasteiger partial charge in [0.15, 0.2) is 0 Å². The number of carbonyl (C=O) groups excluding carboxylic acids is 1. The minimum absolute atomic E-state index is 0.0154. The van der Waals surface area contributed by atoms with Crippen LogP contribution < -0.4 is 10.6 Å². The number of hydrogen-bond acceptors (Lipinski definition) is 4. The smallest absolute Gasteiger partial charge is 0.246 e. The summed E-state index contributed by atoms with van der Waals surface area (Å²) in [6.07, 6.45) is 0. The Morgan fingerprint density at radius 3 is 2.68 bits per heavy atom. The second kappa shape index (κ2) is 6.14. The third kappa shape index (κ3) is 3.76. The van der Waals surface area contributed by atoms with Crippen LogP contribution in [0.25, 0.3) is 0 Å². The topological polar surface area (TPSA) is 70.6 Å². The highest BCUT2D eigenvalue weighted by Gasteiger charge is 2.33. The number of hydrogen-bond donors (Lipinski definition) is 3. The first kappa shape index (κ1) is 14.0.